The van der Waals surface area contributed by atoms with Crippen molar-refractivity contribution in [3.63, 3.8) is 0 Å². The highest BCUT2D eigenvalue weighted by atomic mass is 32.2. The van der Waals surface area contributed by atoms with E-state index in [1.54, 1.807) is 18.4 Å². The maximum Gasteiger partial charge on any atom is 0.282 e. The van der Waals surface area contributed by atoms with Crippen LogP contribution in [0.1, 0.15) is 24.1 Å². The van der Waals surface area contributed by atoms with Gasteiger partial charge in [0.05, 0.1) is 12.1 Å². The summed E-state index contributed by atoms with van der Waals surface area (Å²) in [5.74, 6) is 0. The molecule has 1 aliphatic rings. The summed E-state index contributed by atoms with van der Waals surface area (Å²) in [5.41, 5.74) is 3.21. The molecule has 0 radical (unpaired) electrons. The molecule has 126 valence electrons. The quantitative estimate of drug-likeness (QED) is 0.782. The van der Waals surface area contributed by atoms with Crippen molar-refractivity contribution in [2.45, 2.75) is 19.0 Å². The Balaban J connectivity index is 1.96. The van der Waals surface area contributed by atoms with Crippen molar-refractivity contribution in [1.29, 1.82) is 0 Å². The maximum absolute atomic E-state index is 12.6. The smallest absolute Gasteiger partial charge is 0.195 e. The standard InChI is InChI=1S/C19H22N2O2S/c1-15(16-10-6-4-7-11-16)14-18-19(17-12-8-5-9-13-17)21(18)24(22,23)20(2)3/h4-14,18-19H,1-3H3/b15-14+/t18-,19-,21?/m1/s1. The Labute approximate surface area is 144 Å². The summed E-state index contributed by atoms with van der Waals surface area (Å²) in [4.78, 5) is 0. The van der Waals surface area contributed by atoms with E-state index >= 15 is 0 Å². The molecule has 2 aromatic rings. The maximum atomic E-state index is 12.6. The van der Waals surface area contributed by atoms with Crippen LogP contribution >= 0.6 is 0 Å². The van der Waals surface area contributed by atoms with Crippen molar-refractivity contribution < 1.29 is 8.42 Å². The van der Waals surface area contributed by atoms with E-state index < -0.39 is 10.2 Å². The molecule has 0 N–H and O–H groups in total. The van der Waals surface area contributed by atoms with Gasteiger partial charge < -0.3 is 0 Å². The second kappa shape index (κ2) is 6.51. The third-order valence-electron chi connectivity index (χ3n) is 4.32. The summed E-state index contributed by atoms with van der Waals surface area (Å²) >= 11 is 0. The highest BCUT2D eigenvalue weighted by Crippen LogP contribution is 2.47. The fraction of sp³-hybridized carbons (Fsp3) is 0.263. The minimum atomic E-state index is -3.46. The molecule has 1 unspecified atom stereocenters. The zero-order chi connectivity index (χ0) is 17.3. The average Bonchev–Trinajstić information content (AvgIpc) is 3.31. The summed E-state index contributed by atoms with van der Waals surface area (Å²) in [6.45, 7) is 2.02. The van der Waals surface area contributed by atoms with Crippen molar-refractivity contribution >= 4 is 15.8 Å². The Bertz CT molecular complexity index is 830. The van der Waals surface area contributed by atoms with E-state index in [0.29, 0.717) is 0 Å². The lowest BCUT2D eigenvalue weighted by Gasteiger charge is -2.12. The highest BCUT2D eigenvalue weighted by Gasteiger charge is 2.55. The molecule has 1 aliphatic heterocycles. The zero-order valence-corrected chi connectivity index (χ0v) is 14.9. The van der Waals surface area contributed by atoms with Gasteiger partial charge >= 0.3 is 0 Å². The Morgan fingerprint density at radius 1 is 1.00 bits per heavy atom. The van der Waals surface area contributed by atoms with Crippen LogP contribution in [0.5, 0.6) is 0 Å². The monoisotopic (exact) mass is 342 g/mol. The molecule has 1 saturated heterocycles. The van der Waals surface area contributed by atoms with E-state index in [1.807, 2.05) is 73.7 Å². The molecule has 1 fully saturated rings. The fourth-order valence-corrected chi connectivity index (χ4v) is 4.27. The van der Waals surface area contributed by atoms with E-state index in [-0.39, 0.29) is 12.1 Å². The Morgan fingerprint density at radius 3 is 2.08 bits per heavy atom. The molecular weight excluding hydrogens is 320 g/mol. The molecule has 0 spiro atoms. The van der Waals surface area contributed by atoms with Crippen LogP contribution in [-0.2, 0) is 10.2 Å². The first-order valence-corrected chi connectivity index (χ1v) is 9.32. The van der Waals surface area contributed by atoms with Gasteiger partial charge in [-0.1, -0.05) is 66.7 Å². The summed E-state index contributed by atoms with van der Waals surface area (Å²) in [6.07, 6.45) is 2.05. The molecule has 1 heterocycles. The number of nitrogens with zero attached hydrogens (tertiary/aromatic N) is 2. The molecule has 0 bridgehead atoms. The SMILES string of the molecule is C/C(=C\[C@@H]1[C@@H](c2ccccc2)N1S(=O)(=O)N(C)C)c1ccccc1. The van der Waals surface area contributed by atoms with Crippen LogP contribution in [0.3, 0.4) is 0 Å². The van der Waals surface area contributed by atoms with Gasteiger partial charge in [-0.2, -0.15) is 17.0 Å². The molecule has 5 heteroatoms. The van der Waals surface area contributed by atoms with Gasteiger partial charge in [0.15, 0.2) is 0 Å². The molecule has 2 aromatic carbocycles. The van der Waals surface area contributed by atoms with Crippen LogP contribution in [0.25, 0.3) is 5.57 Å². The van der Waals surface area contributed by atoms with Crippen LogP contribution < -0.4 is 0 Å². The third-order valence-corrected chi connectivity index (χ3v) is 6.25. The highest BCUT2D eigenvalue weighted by molar-refractivity contribution is 7.87. The fourth-order valence-electron chi connectivity index (χ4n) is 2.93. The molecule has 0 aliphatic carbocycles. The van der Waals surface area contributed by atoms with E-state index in [4.69, 9.17) is 0 Å². The van der Waals surface area contributed by atoms with E-state index in [9.17, 15) is 8.42 Å². The van der Waals surface area contributed by atoms with Crippen LogP contribution in [0, 0.1) is 0 Å². The molecule has 3 atom stereocenters. The van der Waals surface area contributed by atoms with Gasteiger partial charge in [-0.3, -0.25) is 0 Å². The molecule has 24 heavy (non-hydrogen) atoms. The Kier molecular flexibility index (Phi) is 4.58. The van der Waals surface area contributed by atoms with E-state index in [1.165, 1.54) is 4.31 Å². The van der Waals surface area contributed by atoms with Gasteiger partial charge in [0.2, 0.25) is 0 Å². The van der Waals surface area contributed by atoms with Crippen molar-refractivity contribution in [3.8, 4) is 0 Å². The van der Waals surface area contributed by atoms with Gasteiger partial charge in [-0.05, 0) is 23.6 Å². The van der Waals surface area contributed by atoms with E-state index in [2.05, 4.69) is 0 Å². The van der Waals surface area contributed by atoms with Gasteiger partial charge in [0.25, 0.3) is 10.2 Å². The van der Waals surface area contributed by atoms with Gasteiger partial charge in [0.1, 0.15) is 0 Å². The zero-order valence-electron chi connectivity index (χ0n) is 14.1. The number of rotatable bonds is 5. The topological polar surface area (TPSA) is 40.4 Å². The Morgan fingerprint density at radius 2 is 1.54 bits per heavy atom. The largest absolute Gasteiger partial charge is 0.282 e. The lowest BCUT2D eigenvalue weighted by atomic mass is 10.0. The lowest BCUT2D eigenvalue weighted by Crippen LogP contribution is -2.29. The Hall–Kier alpha value is -1.95. The molecule has 0 aromatic heterocycles. The molecular formula is C19H22N2O2S. The predicted octanol–water partition coefficient (Wildman–Crippen LogP) is 3.32. The van der Waals surface area contributed by atoms with Crippen molar-refractivity contribution in [1.82, 2.24) is 8.61 Å². The predicted molar refractivity (Wildman–Crippen MR) is 97.5 cm³/mol. The molecule has 0 amide bonds. The second-order valence-electron chi connectivity index (χ2n) is 6.18. The van der Waals surface area contributed by atoms with E-state index in [0.717, 1.165) is 16.7 Å². The molecule has 3 rings (SSSR count). The van der Waals surface area contributed by atoms with Crippen molar-refractivity contribution in [2.24, 2.45) is 0 Å². The molecule has 0 saturated carbocycles. The first-order chi connectivity index (χ1) is 11.4. The second-order valence-corrected chi connectivity index (χ2v) is 8.23. The summed E-state index contributed by atoms with van der Waals surface area (Å²) in [7, 11) is -0.316. The normalized spacial score (nSPS) is 24.2. The van der Waals surface area contributed by atoms with Crippen molar-refractivity contribution in [3.05, 3.63) is 77.9 Å². The number of hydrogen-bond acceptors (Lipinski definition) is 2. The average molecular weight is 342 g/mol. The van der Waals surface area contributed by atoms with Gasteiger partial charge in [-0.25, -0.2) is 0 Å². The number of allylic oxidation sites excluding steroid dienone is 1. The minimum absolute atomic E-state index is 0.141. The minimum Gasteiger partial charge on any atom is -0.195 e. The first kappa shape index (κ1) is 16.9. The van der Waals surface area contributed by atoms with Gasteiger partial charge in [0, 0.05) is 14.1 Å². The third kappa shape index (κ3) is 3.15. The summed E-state index contributed by atoms with van der Waals surface area (Å²) in [5, 5.41) is 0. The van der Waals surface area contributed by atoms with Crippen LogP contribution in [-0.4, -0.2) is 37.2 Å². The summed E-state index contributed by atoms with van der Waals surface area (Å²) < 4.78 is 28.1. The van der Waals surface area contributed by atoms with Crippen LogP contribution in [0.15, 0.2) is 66.7 Å². The van der Waals surface area contributed by atoms with Crippen molar-refractivity contribution in [2.75, 3.05) is 14.1 Å². The number of benzene rings is 2. The number of hydrogen-bond donors (Lipinski definition) is 0. The molecule has 4 nitrogen and oxygen atoms in total. The van der Waals surface area contributed by atoms with Crippen LogP contribution in [0.2, 0.25) is 0 Å². The first-order valence-electron chi connectivity index (χ1n) is 7.92. The van der Waals surface area contributed by atoms with Crippen LogP contribution in [0.4, 0.5) is 0 Å². The lowest BCUT2D eigenvalue weighted by molar-refractivity contribution is 0.476. The van der Waals surface area contributed by atoms with Gasteiger partial charge in [-0.15, -0.1) is 0 Å². The summed E-state index contributed by atoms with van der Waals surface area (Å²) in [6, 6.07) is 19.5.